The summed E-state index contributed by atoms with van der Waals surface area (Å²) in [5, 5.41) is 13.5. The van der Waals surface area contributed by atoms with Gasteiger partial charge in [-0.3, -0.25) is 13.8 Å². The molecule has 9 heteroatoms. The largest absolute Gasteiger partial charge is 0.472 e. The Balaban J connectivity index is 4.48. The summed E-state index contributed by atoms with van der Waals surface area (Å²) in [4.78, 5) is 22.6. The van der Waals surface area contributed by atoms with Gasteiger partial charge in [0.05, 0.1) is 39.9 Å². The molecule has 0 bridgehead atoms. The molecule has 0 saturated carbocycles. The zero-order valence-electron chi connectivity index (χ0n) is 24.5. The highest BCUT2D eigenvalue weighted by Crippen LogP contribution is 2.43. The van der Waals surface area contributed by atoms with Gasteiger partial charge in [0.1, 0.15) is 13.2 Å². The van der Waals surface area contributed by atoms with Crippen LogP contribution in [0.3, 0.4) is 0 Å². The van der Waals surface area contributed by atoms with E-state index >= 15 is 0 Å². The number of phosphoric acid groups is 1. The van der Waals surface area contributed by atoms with E-state index in [2.05, 4.69) is 31.3 Å². The van der Waals surface area contributed by atoms with Crippen LogP contribution < -0.4 is 5.32 Å². The van der Waals surface area contributed by atoms with E-state index in [0.717, 1.165) is 57.8 Å². The fourth-order valence-corrected chi connectivity index (χ4v) is 4.52. The first-order chi connectivity index (χ1) is 17.5. The number of likely N-dealkylation sites (N-methyl/N-ethyl adjacent to an activating group) is 1. The minimum absolute atomic E-state index is 0.0724. The Kier molecular flexibility index (Phi) is 21.6. The summed E-state index contributed by atoms with van der Waals surface area (Å²) >= 11 is 0. The molecule has 0 aliphatic rings. The molecule has 0 spiro atoms. The van der Waals surface area contributed by atoms with E-state index in [1.807, 2.05) is 21.1 Å². The number of hydrogen-bond acceptors (Lipinski definition) is 5. The number of quaternary nitrogens is 1. The second-order valence-electron chi connectivity index (χ2n) is 11.1. The Hall–Kier alpha value is -0.760. The standard InChI is InChI=1S/C28H57N2O6P/c1-6-8-10-12-13-14-15-16-17-18-20-22-28(32)29-26(27(31)21-19-11-9-7-2)25-36-37(33,34)35-24-23-30(3,4)5/h12-13,26-27,31H,6-11,14-25H2,1-5H3,(H-,29,32,33,34)/p+1/b13-12-. The zero-order chi connectivity index (χ0) is 28.0. The Morgan fingerprint density at radius 3 is 2.14 bits per heavy atom. The molecule has 0 fully saturated rings. The van der Waals surface area contributed by atoms with E-state index in [1.54, 1.807) is 0 Å². The fourth-order valence-electron chi connectivity index (χ4n) is 3.79. The predicted molar refractivity (Wildman–Crippen MR) is 152 cm³/mol. The van der Waals surface area contributed by atoms with Crippen LogP contribution in [0.25, 0.3) is 0 Å². The van der Waals surface area contributed by atoms with Crippen molar-refractivity contribution in [1.29, 1.82) is 0 Å². The summed E-state index contributed by atoms with van der Waals surface area (Å²) in [7, 11) is 1.60. The Bertz CT molecular complexity index is 639. The lowest BCUT2D eigenvalue weighted by Gasteiger charge is -2.26. The molecule has 0 aliphatic heterocycles. The number of carbonyl (C=O) groups is 1. The van der Waals surface area contributed by atoms with E-state index in [0.29, 0.717) is 23.9 Å². The summed E-state index contributed by atoms with van der Waals surface area (Å²) in [5.74, 6) is -0.168. The summed E-state index contributed by atoms with van der Waals surface area (Å²) in [5.41, 5.74) is 0. The lowest BCUT2D eigenvalue weighted by Crippen LogP contribution is -2.46. The molecule has 8 nitrogen and oxygen atoms in total. The maximum Gasteiger partial charge on any atom is 0.472 e. The molecule has 0 saturated heterocycles. The van der Waals surface area contributed by atoms with E-state index in [9.17, 15) is 19.4 Å². The van der Waals surface area contributed by atoms with Crippen molar-refractivity contribution in [2.24, 2.45) is 0 Å². The zero-order valence-corrected chi connectivity index (χ0v) is 25.4. The van der Waals surface area contributed by atoms with Gasteiger partial charge in [-0.05, 0) is 32.1 Å². The van der Waals surface area contributed by atoms with Crippen LogP contribution in [0.15, 0.2) is 12.2 Å². The molecule has 220 valence electrons. The molecule has 0 aromatic heterocycles. The topological polar surface area (TPSA) is 105 Å². The molecule has 0 rings (SSSR count). The van der Waals surface area contributed by atoms with Gasteiger partial charge in [-0.25, -0.2) is 4.57 Å². The molecular weight excluding hydrogens is 491 g/mol. The molecule has 0 radical (unpaired) electrons. The van der Waals surface area contributed by atoms with Crippen LogP contribution in [0.5, 0.6) is 0 Å². The highest BCUT2D eigenvalue weighted by Gasteiger charge is 2.28. The first kappa shape index (κ1) is 36.2. The van der Waals surface area contributed by atoms with Gasteiger partial charge in [-0.2, -0.15) is 0 Å². The van der Waals surface area contributed by atoms with Crippen LogP contribution in [-0.4, -0.2) is 73.4 Å². The molecule has 1 amide bonds. The van der Waals surface area contributed by atoms with Gasteiger partial charge in [0.2, 0.25) is 5.91 Å². The van der Waals surface area contributed by atoms with Crippen LogP contribution in [0.4, 0.5) is 0 Å². The molecule has 3 unspecified atom stereocenters. The second kappa shape index (κ2) is 22.1. The number of nitrogens with zero attached hydrogens (tertiary/aromatic N) is 1. The SMILES string of the molecule is CCCC/C=C\CCCCCCCC(=O)NC(COP(=O)(O)OCC[N+](C)(C)C)C(O)CCCCCC. The van der Waals surface area contributed by atoms with Crippen LogP contribution >= 0.6 is 7.82 Å². The Labute approximate surface area is 227 Å². The Morgan fingerprint density at radius 1 is 0.892 bits per heavy atom. The van der Waals surface area contributed by atoms with Crippen LogP contribution in [-0.2, 0) is 18.4 Å². The minimum Gasteiger partial charge on any atom is -0.391 e. The van der Waals surface area contributed by atoms with Gasteiger partial charge in [-0.1, -0.05) is 83.8 Å². The third-order valence-electron chi connectivity index (χ3n) is 6.26. The highest BCUT2D eigenvalue weighted by atomic mass is 31.2. The lowest BCUT2D eigenvalue weighted by atomic mass is 10.0. The second-order valence-corrected chi connectivity index (χ2v) is 12.6. The van der Waals surface area contributed by atoms with Gasteiger partial charge in [0.25, 0.3) is 0 Å². The average molecular weight is 550 g/mol. The van der Waals surface area contributed by atoms with Crippen molar-refractivity contribution in [1.82, 2.24) is 5.32 Å². The van der Waals surface area contributed by atoms with Crippen molar-refractivity contribution in [3.8, 4) is 0 Å². The lowest BCUT2D eigenvalue weighted by molar-refractivity contribution is -0.870. The smallest absolute Gasteiger partial charge is 0.391 e. The van der Waals surface area contributed by atoms with E-state index in [4.69, 9.17) is 9.05 Å². The van der Waals surface area contributed by atoms with Crippen LogP contribution in [0.1, 0.15) is 110 Å². The van der Waals surface area contributed by atoms with Gasteiger partial charge in [0.15, 0.2) is 0 Å². The number of phosphoric ester groups is 1. The maximum atomic E-state index is 12.5. The van der Waals surface area contributed by atoms with Gasteiger partial charge in [-0.15, -0.1) is 0 Å². The third-order valence-corrected chi connectivity index (χ3v) is 7.25. The first-order valence-electron chi connectivity index (χ1n) is 14.6. The predicted octanol–water partition coefficient (Wildman–Crippen LogP) is 6.12. The number of rotatable bonds is 25. The number of amides is 1. The van der Waals surface area contributed by atoms with Gasteiger partial charge in [0, 0.05) is 6.42 Å². The minimum atomic E-state index is -4.28. The number of aliphatic hydroxyl groups excluding tert-OH is 1. The van der Waals surface area contributed by atoms with E-state index < -0.39 is 20.0 Å². The van der Waals surface area contributed by atoms with Crippen LogP contribution in [0.2, 0.25) is 0 Å². The van der Waals surface area contributed by atoms with Crippen molar-refractivity contribution in [2.75, 3.05) is 40.9 Å². The third kappa shape index (κ3) is 24.0. The van der Waals surface area contributed by atoms with Gasteiger partial charge < -0.3 is 19.8 Å². The van der Waals surface area contributed by atoms with Crippen molar-refractivity contribution in [2.45, 2.75) is 122 Å². The van der Waals surface area contributed by atoms with Crippen LogP contribution in [0, 0.1) is 0 Å². The normalized spacial score (nSPS) is 15.5. The maximum absolute atomic E-state index is 12.5. The summed E-state index contributed by atoms with van der Waals surface area (Å²) in [6.07, 6.45) is 18.6. The summed E-state index contributed by atoms with van der Waals surface area (Å²) in [6, 6.07) is -0.754. The van der Waals surface area contributed by atoms with E-state index in [-0.39, 0.29) is 19.1 Å². The summed E-state index contributed by atoms with van der Waals surface area (Å²) in [6.45, 7) is 4.67. The molecule has 3 atom stereocenters. The molecule has 3 N–H and O–H groups in total. The number of aliphatic hydroxyl groups is 1. The Morgan fingerprint density at radius 2 is 1.49 bits per heavy atom. The quantitative estimate of drug-likeness (QED) is 0.0548. The number of unbranched alkanes of at least 4 members (excludes halogenated alkanes) is 10. The van der Waals surface area contributed by atoms with Crippen molar-refractivity contribution in [3.05, 3.63) is 12.2 Å². The molecule has 0 aliphatic carbocycles. The van der Waals surface area contributed by atoms with E-state index in [1.165, 1.54) is 25.7 Å². The monoisotopic (exact) mass is 549 g/mol. The number of allylic oxidation sites excluding steroid dienone is 2. The molecule has 0 aromatic carbocycles. The van der Waals surface area contributed by atoms with Crippen molar-refractivity contribution in [3.63, 3.8) is 0 Å². The number of nitrogens with one attached hydrogen (secondary N) is 1. The molecule has 37 heavy (non-hydrogen) atoms. The average Bonchev–Trinajstić information content (AvgIpc) is 2.81. The first-order valence-corrected chi connectivity index (χ1v) is 16.0. The molecule has 0 aromatic rings. The fraction of sp³-hybridized carbons (Fsp3) is 0.893. The summed E-state index contributed by atoms with van der Waals surface area (Å²) < 4.78 is 23.1. The van der Waals surface area contributed by atoms with Gasteiger partial charge >= 0.3 is 7.82 Å². The molecule has 0 heterocycles. The highest BCUT2D eigenvalue weighted by molar-refractivity contribution is 7.47. The number of hydrogen-bond donors (Lipinski definition) is 3. The van der Waals surface area contributed by atoms with Crippen molar-refractivity contribution < 1.29 is 32.9 Å². The molecular formula is C28H58N2O6P+. The number of carbonyl (C=O) groups excluding carboxylic acids is 1. The van der Waals surface area contributed by atoms with Crippen molar-refractivity contribution >= 4 is 13.7 Å².